The van der Waals surface area contributed by atoms with Crippen LogP contribution in [0, 0.1) is 0 Å². The predicted molar refractivity (Wildman–Crippen MR) is 108 cm³/mol. The van der Waals surface area contributed by atoms with E-state index in [2.05, 4.69) is 10.6 Å². The fourth-order valence-electron chi connectivity index (χ4n) is 2.74. The summed E-state index contributed by atoms with van der Waals surface area (Å²) >= 11 is 0. The number of amides is 1. The first kappa shape index (κ1) is 23.4. The van der Waals surface area contributed by atoms with Crippen molar-refractivity contribution in [3.8, 4) is 0 Å². The SMILES string of the molecule is Nc1cc(NCc2ccc(C(F)(F)F)cc2)ccc1NC(=O)CCCC[C@H](F)CF. The van der Waals surface area contributed by atoms with Crippen LogP contribution in [0.1, 0.15) is 36.8 Å². The zero-order valence-electron chi connectivity index (χ0n) is 16.2. The van der Waals surface area contributed by atoms with E-state index in [0.717, 1.165) is 12.1 Å². The van der Waals surface area contributed by atoms with Gasteiger partial charge < -0.3 is 16.4 Å². The second-order valence-corrected chi connectivity index (χ2v) is 6.90. The van der Waals surface area contributed by atoms with E-state index >= 15 is 0 Å². The molecule has 4 N–H and O–H groups in total. The highest BCUT2D eigenvalue weighted by Crippen LogP contribution is 2.29. The standard InChI is InChI=1S/C21H24F5N3O/c22-12-16(23)3-1-2-4-20(30)29-19-10-9-17(11-18(19)27)28-13-14-5-7-15(8-6-14)21(24,25)26/h5-11,16,28H,1-4,12-13,27H2,(H,29,30)/t16-/m0/s1. The van der Waals surface area contributed by atoms with Gasteiger partial charge >= 0.3 is 6.18 Å². The molecule has 2 aromatic rings. The number of hydrogen-bond donors (Lipinski definition) is 3. The van der Waals surface area contributed by atoms with Crippen molar-refractivity contribution in [3.05, 3.63) is 53.6 Å². The average molecular weight is 429 g/mol. The van der Waals surface area contributed by atoms with Crippen molar-refractivity contribution in [1.82, 2.24) is 0 Å². The largest absolute Gasteiger partial charge is 0.416 e. The van der Waals surface area contributed by atoms with Crippen LogP contribution in [0.5, 0.6) is 0 Å². The lowest BCUT2D eigenvalue weighted by Gasteiger charge is -2.12. The lowest BCUT2D eigenvalue weighted by Crippen LogP contribution is -2.13. The maximum atomic E-state index is 12.8. The molecule has 0 aliphatic heterocycles. The molecular formula is C21H24F5N3O. The number of unbranched alkanes of at least 4 members (excludes halogenated alkanes) is 1. The molecule has 4 nitrogen and oxygen atoms in total. The fraction of sp³-hybridized carbons (Fsp3) is 0.381. The van der Waals surface area contributed by atoms with Crippen LogP contribution in [0.2, 0.25) is 0 Å². The lowest BCUT2D eigenvalue weighted by molar-refractivity contribution is -0.137. The van der Waals surface area contributed by atoms with Crippen LogP contribution >= 0.6 is 0 Å². The molecule has 30 heavy (non-hydrogen) atoms. The summed E-state index contributed by atoms with van der Waals surface area (Å²) in [6, 6.07) is 9.74. The molecule has 0 aliphatic rings. The molecule has 0 aliphatic carbocycles. The summed E-state index contributed by atoms with van der Waals surface area (Å²) in [5, 5.41) is 5.73. The Bertz CT molecular complexity index is 824. The summed E-state index contributed by atoms with van der Waals surface area (Å²) in [4.78, 5) is 11.9. The minimum absolute atomic E-state index is 0.0885. The fourth-order valence-corrected chi connectivity index (χ4v) is 2.74. The maximum Gasteiger partial charge on any atom is 0.416 e. The number of nitrogens with one attached hydrogen (secondary N) is 2. The van der Waals surface area contributed by atoms with Gasteiger partial charge in [-0.15, -0.1) is 0 Å². The van der Waals surface area contributed by atoms with Crippen LogP contribution in [-0.2, 0) is 17.5 Å². The Hall–Kier alpha value is -2.84. The number of rotatable bonds is 10. The van der Waals surface area contributed by atoms with E-state index in [1.807, 2.05) is 0 Å². The summed E-state index contributed by atoms with van der Waals surface area (Å²) in [6.45, 7) is -0.709. The van der Waals surface area contributed by atoms with Crippen LogP contribution < -0.4 is 16.4 Å². The van der Waals surface area contributed by atoms with Gasteiger partial charge in [-0.2, -0.15) is 13.2 Å². The van der Waals surface area contributed by atoms with Crippen LogP contribution in [0.25, 0.3) is 0 Å². The molecule has 2 aromatic carbocycles. The van der Waals surface area contributed by atoms with Crippen molar-refractivity contribution in [2.24, 2.45) is 0 Å². The zero-order valence-corrected chi connectivity index (χ0v) is 16.2. The maximum absolute atomic E-state index is 12.8. The molecule has 0 unspecified atom stereocenters. The monoisotopic (exact) mass is 429 g/mol. The number of benzene rings is 2. The molecule has 0 spiro atoms. The molecule has 0 aromatic heterocycles. The second-order valence-electron chi connectivity index (χ2n) is 6.90. The van der Waals surface area contributed by atoms with Gasteiger partial charge in [-0.1, -0.05) is 12.1 Å². The Morgan fingerprint density at radius 3 is 2.37 bits per heavy atom. The Balaban J connectivity index is 1.82. The number of nitrogens with two attached hydrogens (primary N) is 1. The van der Waals surface area contributed by atoms with Crippen LogP contribution in [0.15, 0.2) is 42.5 Å². The highest BCUT2D eigenvalue weighted by atomic mass is 19.4. The van der Waals surface area contributed by atoms with Crippen LogP contribution in [0.3, 0.4) is 0 Å². The molecule has 0 heterocycles. The van der Waals surface area contributed by atoms with E-state index in [0.29, 0.717) is 42.0 Å². The molecule has 164 valence electrons. The molecule has 0 radical (unpaired) electrons. The van der Waals surface area contributed by atoms with Gasteiger partial charge in [0.1, 0.15) is 12.8 Å². The Kier molecular flexibility index (Phi) is 8.44. The number of carbonyl (C=O) groups excluding carboxylic acids is 1. The van der Waals surface area contributed by atoms with Crippen molar-refractivity contribution < 1.29 is 26.7 Å². The summed E-state index contributed by atoms with van der Waals surface area (Å²) in [5.41, 5.74) is 7.30. The van der Waals surface area contributed by atoms with Gasteiger partial charge in [0.25, 0.3) is 0 Å². The minimum atomic E-state index is -4.37. The highest BCUT2D eigenvalue weighted by molar-refractivity contribution is 5.94. The molecular weight excluding hydrogens is 405 g/mol. The van der Waals surface area contributed by atoms with Crippen molar-refractivity contribution in [3.63, 3.8) is 0 Å². The number of carbonyl (C=O) groups is 1. The van der Waals surface area contributed by atoms with Gasteiger partial charge in [-0.05, 0) is 55.2 Å². The number of nitrogen functional groups attached to an aromatic ring is 1. The first-order valence-corrected chi connectivity index (χ1v) is 9.48. The van der Waals surface area contributed by atoms with Crippen molar-refractivity contribution in [2.75, 3.05) is 23.0 Å². The summed E-state index contributed by atoms with van der Waals surface area (Å²) in [5.74, 6) is -0.275. The highest BCUT2D eigenvalue weighted by Gasteiger charge is 2.29. The quantitative estimate of drug-likeness (QED) is 0.258. The molecule has 2 rings (SSSR count). The molecule has 0 saturated carbocycles. The number of halogens is 5. The first-order valence-electron chi connectivity index (χ1n) is 9.48. The van der Waals surface area contributed by atoms with Crippen LogP contribution in [-0.4, -0.2) is 18.8 Å². The molecule has 0 bridgehead atoms. The van der Waals surface area contributed by atoms with Crippen molar-refractivity contribution in [1.29, 1.82) is 0 Å². The normalized spacial score (nSPS) is 12.4. The van der Waals surface area contributed by atoms with E-state index in [1.54, 1.807) is 18.2 Å². The van der Waals surface area contributed by atoms with E-state index < -0.39 is 24.6 Å². The van der Waals surface area contributed by atoms with E-state index in [1.165, 1.54) is 12.1 Å². The first-order chi connectivity index (χ1) is 14.2. The van der Waals surface area contributed by atoms with Crippen molar-refractivity contribution in [2.45, 2.75) is 44.6 Å². The van der Waals surface area contributed by atoms with E-state index in [-0.39, 0.29) is 18.7 Å². The molecule has 1 amide bonds. The van der Waals surface area contributed by atoms with E-state index in [9.17, 15) is 26.7 Å². The van der Waals surface area contributed by atoms with E-state index in [4.69, 9.17) is 5.73 Å². The van der Waals surface area contributed by atoms with Gasteiger partial charge in [0.05, 0.1) is 16.9 Å². The molecule has 0 saturated heterocycles. The summed E-state index contributed by atoms with van der Waals surface area (Å²) in [6.07, 6.45) is -4.73. The average Bonchev–Trinajstić information content (AvgIpc) is 2.71. The second kappa shape index (κ2) is 10.8. The number of alkyl halides is 5. The molecule has 0 fully saturated rings. The third-order valence-electron chi connectivity index (χ3n) is 4.44. The summed E-state index contributed by atoms with van der Waals surface area (Å²) < 4.78 is 62.6. The topological polar surface area (TPSA) is 67.2 Å². The van der Waals surface area contributed by atoms with Gasteiger partial charge in [0.15, 0.2) is 0 Å². The van der Waals surface area contributed by atoms with Gasteiger partial charge in [0, 0.05) is 18.7 Å². The third kappa shape index (κ3) is 7.53. The zero-order chi connectivity index (χ0) is 22.1. The predicted octanol–water partition coefficient (Wildman–Crippen LogP) is 5.71. The summed E-state index contributed by atoms with van der Waals surface area (Å²) in [7, 11) is 0. The van der Waals surface area contributed by atoms with Gasteiger partial charge in [0.2, 0.25) is 5.91 Å². The third-order valence-corrected chi connectivity index (χ3v) is 4.44. The Morgan fingerprint density at radius 2 is 1.77 bits per heavy atom. The lowest BCUT2D eigenvalue weighted by atomic mass is 10.1. The number of hydrogen-bond acceptors (Lipinski definition) is 3. The molecule has 9 heteroatoms. The number of anilines is 3. The molecule has 1 atom stereocenters. The smallest absolute Gasteiger partial charge is 0.397 e. The van der Waals surface area contributed by atoms with Crippen LogP contribution in [0.4, 0.5) is 39.0 Å². The Labute approximate surface area is 171 Å². The van der Waals surface area contributed by atoms with Gasteiger partial charge in [-0.25, -0.2) is 8.78 Å². The van der Waals surface area contributed by atoms with Gasteiger partial charge in [-0.3, -0.25) is 4.79 Å². The Morgan fingerprint density at radius 1 is 1.07 bits per heavy atom. The minimum Gasteiger partial charge on any atom is -0.397 e. The van der Waals surface area contributed by atoms with Crippen molar-refractivity contribution >= 4 is 23.0 Å².